The molecule has 0 radical (unpaired) electrons. The summed E-state index contributed by atoms with van der Waals surface area (Å²) < 4.78 is 44.4. The lowest BCUT2D eigenvalue weighted by molar-refractivity contribution is -0.199. The minimum Gasteiger partial charge on any atom is -0.475 e. The summed E-state index contributed by atoms with van der Waals surface area (Å²) in [6.45, 7) is 1.79. The number of nitrogens with zero attached hydrogens (tertiary/aromatic N) is 1. The first kappa shape index (κ1) is 15.3. The van der Waals surface area contributed by atoms with Crippen LogP contribution in [0.2, 0.25) is 0 Å². The van der Waals surface area contributed by atoms with Gasteiger partial charge in [-0.3, -0.25) is 4.98 Å². The van der Waals surface area contributed by atoms with E-state index in [1.54, 1.807) is 25.1 Å². The fraction of sp³-hybridized carbons (Fsp3) is 0.267. The molecule has 2 atom stereocenters. The summed E-state index contributed by atoms with van der Waals surface area (Å²) in [6.07, 6.45) is -5.34. The number of aromatic nitrogens is 1. The molecule has 6 heteroatoms. The molecule has 1 aromatic carbocycles. The lowest BCUT2D eigenvalue weighted by atomic mass is 10.1. The van der Waals surface area contributed by atoms with Crippen LogP contribution in [0, 0.1) is 0 Å². The number of pyridine rings is 1. The van der Waals surface area contributed by atoms with Gasteiger partial charge in [-0.2, -0.15) is 13.2 Å². The van der Waals surface area contributed by atoms with Gasteiger partial charge in [-0.1, -0.05) is 18.2 Å². The highest BCUT2D eigenvalue weighted by Crippen LogP contribution is 2.35. The molecule has 2 rings (SSSR count). The molecule has 0 saturated heterocycles. The lowest BCUT2D eigenvalue weighted by Crippen LogP contribution is -2.26. The third-order valence-corrected chi connectivity index (χ3v) is 2.91. The van der Waals surface area contributed by atoms with Crippen LogP contribution in [0.4, 0.5) is 13.2 Å². The SMILES string of the molecule is CC(N)c1ccc(OC(c2ccccn2)C(F)(F)F)cc1. The van der Waals surface area contributed by atoms with Crippen molar-refractivity contribution in [3.8, 4) is 5.75 Å². The molecular weight excluding hydrogens is 281 g/mol. The molecule has 2 unspecified atom stereocenters. The largest absolute Gasteiger partial charge is 0.475 e. The average Bonchev–Trinajstić information content (AvgIpc) is 2.45. The number of ether oxygens (including phenoxy) is 1. The van der Waals surface area contributed by atoms with Gasteiger partial charge in [0.25, 0.3) is 0 Å². The van der Waals surface area contributed by atoms with Gasteiger partial charge in [-0.15, -0.1) is 0 Å². The van der Waals surface area contributed by atoms with Gasteiger partial charge in [0.05, 0.1) is 5.69 Å². The first-order valence-electron chi connectivity index (χ1n) is 6.38. The molecule has 2 aromatic rings. The van der Waals surface area contributed by atoms with Crippen molar-refractivity contribution in [2.24, 2.45) is 5.73 Å². The molecule has 0 bridgehead atoms. The van der Waals surface area contributed by atoms with Crippen LogP contribution in [0.15, 0.2) is 48.7 Å². The second-order valence-corrected chi connectivity index (χ2v) is 4.65. The van der Waals surface area contributed by atoms with Gasteiger partial charge in [0.1, 0.15) is 5.75 Å². The molecule has 2 N–H and O–H groups in total. The number of halogens is 3. The maximum Gasteiger partial charge on any atom is 0.431 e. The van der Waals surface area contributed by atoms with Crippen molar-refractivity contribution in [2.75, 3.05) is 0 Å². The molecule has 1 heterocycles. The first-order valence-corrected chi connectivity index (χ1v) is 6.38. The first-order chi connectivity index (χ1) is 9.88. The predicted molar refractivity (Wildman–Crippen MR) is 72.7 cm³/mol. The Morgan fingerprint density at radius 1 is 1.10 bits per heavy atom. The van der Waals surface area contributed by atoms with Crippen molar-refractivity contribution in [1.29, 1.82) is 0 Å². The number of hydrogen-bond acceptors (Lipinski definition) is 3. The Bertz CT molecular complexity index is 568. The van der Waals surface area contributed by atoms with Gasteiger partial charge in [-0.05, 0) is 36.8 Å². The zero-order valence-corrected chi connectivity index (χ0v) is 11.3. The van der Waals surface area contributed by atoms with E-state index in [1.807, 2.05) is 0 Å². The van der Waals surface area contributed by atoms with Crippen LogP contribution in [0.25, 0.3) is 0 Å². The standard InChI is InChI=1S/C15H15F3N2O/c1-10(19)11-5-7-12(8-6-11)21-14(15(16,17)18)13-4-2-3-9-20-13/h2-10,14H,19H2,1H3. The Kier molecular flexibility index (Phi) is 4.47. The van der Waals surface area contributed by atoms with E-state index >= 15 is 0 Å². The maximum absolute atomic E-state index is 13.1. The topological polar surface area (TPSA) is 48.1 Å². The molecule has 0 aliphatic heterocycles. The van der Waals surface area contributed by atoms with Gasteiger partial charge < -0.3 is 10.5 Å². The van der Waals surface area contributed by atoms with E-state index in [4.69, 9.17) is 10.5 Å². The van der Waals surface area contributed by atoms with Gasteiger partial charge in [0.2, 0.25) is 6.10 Å². The number of nitrogens with two attached hydrogens (primary N) is 1. The highest BCUT2D eigenvalue weighted by atomic mass is 19.4. The van der Waals surface area contributed by atoms with Crippen molar-refractivity contribution in [3.63, 3.8) is 0 Å². The van der Waals surface area contributed by atoms with E-state index in [0.29, 0.717) is 0 Å². The molecule has 0 saturated carbocycles. The highest BCUT2D eigenvalue weighted by Gasteiger charge is 2.44. The average molecular weight is 296 g/mol. The third-order valence-electron chi connectivity index (χ3n) is 2.91. The van der Waals surface area contributed by atoms with E-state index in [1.165, 1.54) is 30.5 Å². The lowest BCUT2D eigenvalue weighted by Gasteiger charge is -2.21. The zero-order chi connectivity index (χ0) is 15.5. The fourth-order valence-electron chi connectivity index (χ4n) is 1.81. The van der Waals surface area contributed by atoms with E-state index < -0.39 is 12.3 Å². The quantitative estimate of drug-likeness (QED) is 0.934. The summed E-state index contributed by atoms with van der Waals surface area (Å²) >= 11 is 0. The van der Waals surface area contributed by atoms with Crippen LogP contribution in [0.5, 0.6) is 5.75 Å². The minimum absolute atomic E-state index is 0.118. The predicted octanol–water partition coefficient (Wildman–Crippen LogP) is 3.78. The molecule has 21 heavy (non-hydrogen) atoms. The second-order valence-electron chi connectivity index (χ2n) is 4.65. The Balaban J connectivity index is 2.24. The maximum atomic E-state index is 13.1. The molecule has 3 nitrogen and oxygen atoms in total. The van der Waals surface area contributed by atoms with E-state index in [2.05, 4.69) is 4.98 Å². The summed E-state index contributed by atoms with van der Waals surface area (Å²) in [7, 11) is 0. The van der Waals surface area contributed by atoms with Crippen molar-refractivity contribution in [1.82, 2.24) is 4.98 Å². The second kappa shape index (κ2) is 6.13. The van der Waals surface area contributed by atoms with Crippen molar-refractivity contribution >= 4 is 0 Å². The zero-order valence-electron chi connectivity index (χ0n) is 11.3. The van der Waals surface area contributed by atoms with Gasteiger partial charge in [-0.25, -0.2) is 0 Å². The summed E-state index contributed by atoms with van der Waals surface area (Å²) in [5.41, 5.74) is 6.34. The number of alkyl halides is 3. The van der Waals surface area contributed by atoms with Crippen LogP contribution >= 0.6 is 0 Å². The van der Waals surface area contributed by atoms with Gasteiger partial charge >= 0.3 is 6.18 Å². The molecule has 0 aliphatic rings. The van der Waals surface area contributed by atoms with E-state index in [0.717, 1.165) is 5.56 Å². The fourth-order valence-corrected chi connectivity index (χ4v) is 1.81. The van der Waals surface area contributed by atoms with Crippen LogP contribution in [0.3, 0.4) is 0 Å². The third kappa shape index (κ3) is 3.95. The van der Waals surface area contributed by atoms with E-state index in [9.17, 15) is 13.2 Å². The Morgan fingerprint density at radius 3 is 2.24 bits per heavy atom. The van der Waals surface area contributed by atoms with Crippen molar-refractivity contribution in [2.45, 2.75) is 25.2 Å². The summed E-state index contributed by atoms with van der Waals surface area (Å²) in [5.74, 6) is 0.118. The smallest absolute Gasteiger partial charge is 0.431 e. The number of hydrogen-bond donors (Lipinski definition) is 1. The normalized spacial score (nSPS) is 14.5. The molecule has 1 aromatic heterocycles. The number of rotatable bonds is 4. The molecule has 0 fully saturated rings. The minimum atomic E-state index is -4.55. The highest BCUT2D eigenvalue weighted by molar-refractivity contribution is 5.29. The van der Waals surface area contributed by atoms with Crippen LogP contribution < -0.4 is 10.5 Å². The van der Waals surface area contributed by atoms with Crippen molar-refractivity contribution in [3.05, 3.63) is 59.9 Å². The van der Waals surface area contributed by atoms with Crippen LogP contribution in [-0.2, 0) is 0 Å². The van der Waals surface area contributed by atoms with E-state index in [-0.39, 0.29) is 17.5 Å². The van der Waals surface area contributed by atoms with Gasteiger partial charge in [0.15, 0.2) is 0 Å². The molecular formula is C15H15F3N2O. The van der Waals surface area contributed by atoms with Crippen LogP contribution in [0.1, 0.15) is 30.3 Å². The summed E-state index contributed by atoms with van der Waals surface area (Å²) in [4.78, 5) is 3.72. The van der Waals surface area contributed by atoms with Gasteiger partial charge in [0, 0.05) is 12.2 Å². The summed E-state index contributed by atoms with van der Waals surface area (Å²) in [6, 6.07) is 10.4. The molecule has 0 aliphatic carbocycles. The molecule has 0 spiro atoms. The molecule has 112 valence electrons. The number of benzene rings is 1. The Morgan fingerprint density at radius 2 is 1.76 bits per heavy atom. The Labute approximate surface area is 120 Å². The monoisotopic (exact) mass is 296 g/mol. The molecule has 0 amide bonds. The Hall–Kier alpha value is -2.08. The van der Waals surface area contributed by atoms with Crippen LogP contribution in [-0.4, -0.2) is 11.2 Å². The van der Waals surface area contributed by atoms with Crippen molar-refractivity contribution < 1.29 is 17.9 Å². The summed E-state index contributed by atoms with van der Waals surface area (Å²) in [5, 5.41) is 0.